The van der Waals surface area contributed by atoms with E-state index in [0.717, 1.165) is 17.3 Å². The lowest BCUT2D eigenvalue weighted by atomic mass is 10.0. The summed E-state index contributed by atoms with van der Waals surface area (Å²) in [4.78, 5) is 13.0. The van der Waals surface area contributed by atoms with Gasteiger partial charge in [-0.1, -0.05) is 48.5 Å². The minimum Gasteiger partial charge on any atom is -0.412 e. The van der Waals surface area contributed by atoms with Gasteiger partial charge >= 0.3 is 0 Å². The third-order valence-electron chi connectivity index (χ3n) is 5.63. The lowest BCUT2D eigenvalue weighted by molar-refractivity contribution is 0.0952. The molecule has 0 bridgehead atoms. The topological polar surface area (TPSA) is 182 Å². The number of nitrogens with one attached hydrogen (secondary N) is 3. The summed E-state index contributed by atoms with van der Waals surface area (Å²) in [6.45, 7) is 0.308. The summed E-state index contributed by atoms with van der Waals surface area (Å²) in [5.74, 6) is -0.271. The SMILES string of the molecule is Cl.N=C(N)c1ccc(CNC(=O)c2cccc3cc(NS(=O)(=O)c4cccc5nsnc45)ccc23)cc1.O. The summed E-state index contributed by atoms with van der Waals surface area (Å²) >= 11 is 0.956. The fourth-order valence-electron chi connectivity index (χ4n) is 3.83. The predicted molar refractivity (Wildman–Crippen MR) is 152 cm³/mol. The summed E-state index contributed by atoms with van der Waals surface area (Å²) in [5.41, 5.74) is 8.65. The van der Waals surface area contributed by atoms with Gasteiger partial charge in [0, 0.05) is 23.4 Å². The molecule has 0 saturated carbocycles. The molecule has 0 fully saturated rings. The van der Waals surface area contributed by atoms with E-state index in [1.165, 1.54) is 6.07 Å². The maximum Gasteiger partial charge on any atom is 0.264 e. The summed E-state index contributed by atoms with van der Waals surface area (Å²) in [6, 6.07) is 22.2. The Kier molecular flexibility index (Phi) is 8.63. The molecule has 0 aliphatic rings. The van der Waals surface area contributed by atoms with E-state index in [1.807, 2.05) is 6.07 Å². The van der Waals surface area contributed by atoms with Crippen LogP contribution in [-0.4, -0.2) is 34.4 Å². The molecule has 196 valence electrons. The van der Waals surface area contributed by atoms with Gasteiger partial charge in [-0.2, -0.15) is 8.75 Å². The van der Waals surface area contributed by atoms with Crippen molar-refractivity contribution < 1.29 is 18.7 Å². The van der Waals surface area contributed by atoms with E-state index in [1.54, 1.807) is 66.7 Å². The van der Waals surface area contributed by atoms with Gasteiger partial charge in [0.05, 0.1) is 11.7 Å². The van der Waals surface area contributed by atoms with Crippen molar-refractivity contribution in [2.45, 2.75) is 11.4 Å². The van der Waals surface area contributed by atoms with Gasteiger partial charge in [0.15, 0.2) is 0 Å². The zero-order valence-electron chi connectivity index (χ0n) is 19.6. The molecule has 7 N–H and O–H groups in total. The van der Waals surface area contributed by atoms with E-state index in [9.17, 15) is 13.2 Å². The van der Waals surface area contributed by atoms with Crippen LogP contribution in [0.5, 0.6) is 0 Å². The van der Waals surface area contributed by atoms with Crippen LogP contribution in [-0.2, 0) is 16.6 Å². The third kappa shape index (κ3) is 5.73. The van der Waals surface area contributed by atoms with Crippen LogP contribution in [0.15, 0.2) is 83.8 Å². The Hall–Kier alpha value is -4.10. The first-order chi connectivity index (χ1) is 17.3. The highest BCUT2D eigenvalue weighted by molar-refractivity contribution is 7.93. The Morgan fingerprint density at radius 1 is 0.974 bits per heavy atom. The summed E-state index contributed by atoms with van der Waals surface area (Å²) in [6.07, 6.45) is 0. The van der Waals surface area contributed by atoms with Crippen molar-refractivity contribution in [2.24, 2.45) is 5.73 Å². The van der Waals surface area contributed by atoms with Gasteiger partial charge in [0.25, 0.3) is 15.9 Å². The van der Waals surface area contributed by atoms with E-state index in [0.29, 0.717) is 45.2 Å². The number of amidine groups is 1. The van der Waals surface area contributed by atoms with Crippen LogP contribution in [0, 0.1) is 5.41 Å². The van der Waals surface area contributed by atoms with Gasteiger partial charge in [-0.25, -0.2) is 8.42 Å². The van der Waals surface area contributed by atoms with Crippen molar-refractivity contribution in [2.75, 3.05) is 4.72 Å². The van der Waals surface area contributed by atoms with Crippen molar-refractivity contribution in [3.8, 4) is 0 Å². The number of sulfonamides is 1. The fraction of sp³-hybridized carbons (Fsp3) is 0.0400. The third-order valence-corrected chi connectivity index (χ3v) is 7.59. The fourth-order valence-corrected chi connectivity index (χ4v) is 5.65. The van der Waals surface area contributed by atoms with Crippen LogP contribution < -0.4 is 15.8 Å². The number of halogens is 1. The lowest BCUT2D eigenvalue weighted by Gasteiger charge is -2.12. The number of aromatic nitrogens is 2. The Balaban J connectivity index is 0.00000200. The maximum absolute atomic E-state index is 13.0. The normalized spacial score (nSPS) is 10.8. The minimum atomic E-state index is -3.90. The Morgan fingerprint density at radius 3 is 2.45 bits per heavy atom. The van der Waals surface area contributed by atoms with E-state index in [2.05, 4.69) is 18.8 Å². The second-order valence-corrected chi connectivity index (χ2v) is 10.2. The molecule has 10 nitrogen and oxygen atoms in total. The van der Waals surface area contributed by atoms with Gasteiger partial charge in [0.1, 0.15) is 21.8 Å². The molecule has 38 heavy (non-hydrogen) atoms. The van der Waals surface area contributed by atoms with E-state index in [4.69, 9.17) is 11.1 Å². The summed E-state index contributed by atoms with van der Waals surface area (Å²) in [5, 5.41) is 11.8. The molecular weight excluding hydrogens is 548 g/mol. The highest BCUT2D eigenvalue weighted by Gasteiger charge is 2.20. The number of hydrogen-bond acceptors (Lipinski definition) is 7. The number of hydrogen-bond donors (Lipinski definition) is 4. The molecule has 5 rings (SSSR count). The average molecular weight is 571 g/mol. The number of carbonyl (C=O) groups excluding carboxylic acids is 1. The number of amides is 1. The van der Waals surface area contributed by atoms with Gasteiger partial charge < -0.3 is 16.5 Å². The smallest absolute Gasteiger partial charge is 0.264 e. The summed E-state index contributed by atoms with van der Waals surface area (Å²) in [7, 11) is -3.90. The maximum atomic E-state index is 13.0. The number of fused-ring (bicyclic) bond motifs is 2. The molecule has 13 heteroatoms. The number of nitrogen functional groups attached to an aromatic ring is 1. The molecule has 0 radical (unpaired) electrons. The molecule has 1 heterocycles. The molecule has 0 atom stereocenters. The monoisotopic (exact) mass is 570 g/mol. The van der Waals surface area contributed by atoms with Crippen molar-refractivity contribution in [1.82, 2.24) is 14.1 Å². The number of rotatable bonds is 7. The number of nitrogens with zero attached hydrogens (tertiary/aromatic N) is 2. The van der Waals surface area contributed by atoms with Crippen LogP contribution >= 0.6 is 24.1 Å². The van der Waals surface area contributed by atoms with Crippen LogP contribution in [0.3, 0.4) is 0 Å². The molecule has 0 unspecified atom stereocenters. The van der Waals surface area contributed by atoms with Crippen LogP contribution in [0.2, 0.25) is 0 Å². The van der Waals surface area contributed by atoms with E-state index >= 15 is 0 Å². The van der Waals surface area contributed by atoms with Gasteiger partial charge in [0.2, 0.25) is 0 Å². The molecule has 0 spiro atoms. The number of carbonyl (C=O) groups is 1. The minimum absolute atomic E-state index is 0. The molecule has 0 saturated heterocycles. The number of nitrogens with two attached hydrogens (primary N) is 1. The standard InChI is InChI=1S/C25H20N6O3S2.ClH.H2O/c26-24(27)16-9-7-15(8-10-16)14-28-25(32)20-4-1-3-17-13-18(11-12-19(17)20)31-36(33,34)22-6-2-5-21-23(22)30-35-29-21;;/h1-13,31H,14H2,(H3,26,27)(H,28,32);1H;1H2. The van der Waals surface area contributed by atoms with Crippen LogP contribution in [0.1, 0.15) is 21.5 Å². The quantitative estimate of drug-likeness (QED) is 0.171. The molecule has 0 aliphatic heterocycles. The first-order valence-corrected chi connectivity index (χ1v) is 13.0. The average Bonchev–Trinajstić information content (AvgIpc) is 3.36. The Labute approximate surface area is 228 Å². The second-order valence-electron chi connectivity index (χ2n) is 8.03. The predicted octanol–water partition coefficient (Wildman–Crippen LogP) is 3.46. The Bertz CT molecular complexity index is 1740. The van der Waals surface area contributed by atoms with Gasteiger partial charge in [-0.15, -0.1) is 12.4 Å². The van der Waals surface area contributed by atoms with Crippen molar-refractivity contribution in [1.29, 1.82) is 5.41 Å². The zero-order valence-corrected chi connectivity index (χ0v) is 22.1. The molecule has 5 aromatic rings. The second kappa shape index (κ2) is 11.5. The summed E-state index contributed by atoms with van der Waals surface area (Å²) < 4.78 is 36.9. The number of anilines is 1. The highest BCUT2D eigenvalue weighted by atomic mass is 35.5. The molecule has 4 aromatic carbocycles. The molecular formula is C25H23ClN6O4S2. The van der Waals surface area contributed by atoms with Crippen molar-refractivity contribution in [3.63, 3.8) is 0 Å². The molecule has 1 amide bonds. The molecule has 1 aromatic heterocycles. The van der Waals surface area contributed by atoms with Gasteiger partial charge in [-0.05, 0) is 46.7 Å². The van der Waals surface area contributed by atoms with Gasteiger partial charge in [-0.3, -0.25) is 14.9 Å². The largest absolute Gasteiger partial charge is 0.412 e. The van der Waals surface area contributed by atoms with Crippen LogP contribution in [0.4, 0.5) is 5.69 Å². The first kappa shape index (κ1) is 28.5. The van der Waals surface area contributed by atoms with Crippen LogP contribution in [0.25, 0.3) is 21.8 Å². The van der Waals surface area contributed by atoms with E-state index < -0.39 is 10.0 Å². The molecule has 0 aliphatic carbocycles. The lowest BCUT2D eigenvalue weighted by Crippen LogP contribution is -2.23. The first-order valence-electron chi connectivity index (χ1n) is 10.8. The Morgan fingerprint density at radius 2 is 1.71 bits per heavy atom. The highest BCUT2D eigenvalue weighted by Crippen LogP contribution is 2.27. The number of benzene rings is 4. The van der Waals surface area contributed by atoms with Crippen molar-refractivity contribution in [3.05, 3.63) is 95.6 Å². The van der Waals surface area contributed by atoms with Crippen molar-refractivity contribution >= 4 is 73.4 Å². The zero-order chi connectivity index (χ0) is 25.3. The van der Waals surface area contributed by atoms with E-state index in [-0.39, 0.29) is 34.5 Å².